The van der Waals surface area contributed by atoms with E-state index in [1.54, 1.807) is 6.92 Å². The van der Waals surface area contributed by atoms with Crippen LogP contribution < -0.4 is 15.8 Å². The van der Waals surface area contributed by atoms with E-state index in [1.807, 2.05) is 4.90 Å². The molecule has 2 saturated heterocycles. The number of ether oxygens (including phenoxy) is 1. The van der Waals surface area contributed by atoms with Gasteiger partial charge in [0.15, 0.2) is 0 Å². The Morgan fingerprint density at radius 2 is 1.94 bits per heavy atom. The fourth-order valence-electron chi connectivity index (χ4n) is 4.20. The molecule has 0 aromatic carbocycles. The lowest BCUT2D eigenvalue weighted by Gasteiger charge is -2.37. The number of nitrogens with zero attached hydrogens (tertiary/aromatic N) is 3. The SMILES string of the molecule is CC#CC(=O)N1CCC(CN2CCC(NC(=O)c3cc(Cl)c(N)nc3OC)CC2)CC1. The Kier molecular flexibility index (Phi) is 7.99. The largest absolute Gasteiger partial charge is 0.480 e. The van der Waals surface area contributed by atoms with Crippen LogP contribution in [0.5, 0.6) is 5.88 Å². The molecule has 8 nitrogen and oxygen atoms in total. The number of methoxy groups -OCH3 is 1. The Hall–Kier alpha value is -2.50. The van der Waals surface area contributed by atoms with E-state index in [4.69, 9.17) is 22.1 Å². The third kappa shape index (κ3) is 6.02. The molecule has 1 aromatic heterocycles. The minimum absolute atomic E-state index is 0.0632. The van der Waals surface area contributed by atoms with Gasteiger partial charge in [0, 0.05) is 38.8 Å². The highest BCUT2D eigenvalue weighted by Gasteiger charge is 2.27. The number of carbonyl (C=O) groups excluding carboxylic acids is 2. The predicted molar refractivity (Wildman–Crippen MR) is 120 cm³/mol. The monoisotopic (exact) mass is 447 g/mol. The minimum Gasteiger partial charge on any atom is -0.480 e. The van der Waals surface area contributed by atoms with Crippen LogP contribution in [-0.4, -0.2) is 72.5 Å². The maximum atomic E-state index is 12.7. The van der Waals surface area contributed by atoms with Gasteiger partial charge in [-0.1, -0.05) is 17.5 Å². The summed E-state index contributed by atoms with van der Waals surface area (Å²) in [4.78, 5) is 32.9. The molecule has 0 spiro atoms. The van der Waals surface area contributed by atoms with Crippen molar-refractivity contribution in [2.75, 3.05) is 45.6 Å². The van der Waals surface area contributed by atoms with Crippen LogP contribution in [0.4, 0.5) is 5.82 Å². The number of halogens is 1. The average Bonchev–Trinajstić information content (AvgIpc) is 2.77. The van der Waals surface area contributed by atoms with Gasteiger partial charge in [0.2, 0.25) is 5.88 Å². The van der Waals surface area contributed by atoms with Gasteiger partial charge in [-0.15, -0.1) is 0 Å². The van der Waals surface area contributed by atoms with Crippen LogP contribution in [-0.2, 0) is 4.79 Å². The molecule has 168 valence electrons. The van der Waals surface area contributed by atoms with Gasteiger partial charge in [-0.2, -0.15) is 4.98 Å². The van der Waals surface area contributed by atoms with Crippen LogP contribution in [0, 0.1) is 17.8 Å². The molecule has 3 N–H and O–H groups in total. The number of pyridine rings is 1. The molecule has 9 heteroatoms. The second kappa shape index (κ2) is 10.7. The fraction of sp³-hybridized carbons (Fsp3) is 0.591. The number of amides is 2. The topological polar surface area (TPSA) is 101 Å². The maximum absolute atomic E-state index is 12.7. The van der Waals surface area contributed by atoms with Crippen molar-refractivity contribution in [1.29, 1.82) is 0 Å². The number of carbonyl (C=O) groups is 2. The number of hydrogen-bond acceptors (Lipinski definition) is 6. The Bertz CT molecular complexity index is 866. The first-order valence-electron chi connectivity index (χ1n) is 10.7. The zero-order chi connectivity index (χ0) is 22.4. The van der Waals surface area contributed by atoms with Crippen LogP contribution in [0.1, 0.15) is 43.0 Å². The van der Waals surface area contributed by atoms with Crippen molar-refractivity contribution in [2.24, 2.45) is 5.92 Å². The lowest BCUT2D eigenvalue weighted by atomic mass is 9.94. The quantitative estimate of drug-likeness (QED) is 0.667. The van der Waals surface area contributed by atoms with Gasteiger partial charge in [-0.25, -0.2) is 0 Å². The summed E-state index contributed by atoms with van der Waals surface area (Å²) in [6.45, 7) is 6.16. The van der Waals surface area contributed by atoms with E-state index in [1.165, 1.54) is 13.2 Å². The fourth-order valence-corrected chi connectivity index (χ4v) is 4.35. The molecule has 1 aromatic rings. The van der Waals surface area contributed by atoms with Crippen molar-refractivity contribution in [3.8, 4) is 17.7 Å². The molecule has 0 unspecified atom stereocenters. The van der Waals surface area contributed by atoms with Gasteiger partial charge in [0.25, 0.3) is 11.8 Å². The number of nitrogens with one attached hydrogen (secondary N) is 1. The Morgan fingerprint density at radius 3 is 2.55 bits per heavy atom. The molecule has 2 aliphatic heterocycles. The molecule has 31 heavy (non-hydrogen) atoms. The lowest BCUT2D eigenvalue weighted by molar-refractivity contribution is -0.126. The Morgan fingerprint density at radius 1 is 1.26 bits per heavy atom. The molecule has 0 saturated carbocycles. The molecule has 0 aliphatic carbocycles. The van der Waals surface area contributed by atoms with Crippen molar-refractivity contribution >= 4 is 29.2 Å². The minimum atomic E-state index is -0.253. The van der Waals surface area contributed by atoms with E-state index in [0.717, 1.165) is 58.4 Å². The number of likely N-dealkylation sites (tertiary alicyclic amines) is 2. The standard InChI is InChI=1S/C22H30ClN5O3/c1-3-4-19(29)28-11-5-15(6-12-28)14-27-9-7-16(8-10-27)25-21(30)17-13-18(23)20(24)26-22(17)31-2/h13,15-16H,5-12,14H2,1-2H3,(H2,24,26)(H,25,30). The molecule has 2 fully saturated rings. The summed E-state index contributed by atoms with van der Waals surface area (Å²) in [5, 5.41) is 3.30. The van der Waals surface area contributed by atoms with E-state index in [0.29, 0.717) is 5.92 Å². The second-order valence-corrected chi connectivity index (χ2v) is 8.48. The maximum Gasteiger partial charge on any atom is 0.298 e. The highest BCUT2D eigenvalue weighted by atomic mass is 35.5. The van der Waals surface area contributed by atoms with Crippen molar-refractivity contribution < 1.29 is 14.3 Å². The molecular weight excluding hydrogens is 418 g/mol. The van der Waals surface area contributed by atoms with Gasteiger partial charge < -0.3 is 25.6 Å². The van der Waals surface area contributed by atoms with Gasteiger partial charge in [-0.05, 0) is 50.5 Å². The van der Waals surface area contributed by atoms with Crippen molar-refractivity contribution in [1.82, 2.24) is 20.1 Å². The normalized spacial score (nSPS) is 18.2. The van der Waals surface area contributed by atoms with Gasteiger partial charge in [-0.3, -0.25) is 9.59 Å². The van der Waals surface area contributed by atoms with Crippen molar-refractivity contribution in [3.05, 3.63) is 16.7 Å². The number of aromatic nitrogens is 1. The summed E-state index contributed by atoms with van der Waals surface area (Å²) in [7, 11) is 1.45. The lowest BCUT2D eigenvalue weighted by Crippen LogP contribution is -2.47. The first kappa shape index (κ1) is 23.2. The number of anilines is 1. The van der Waals surface area contributed by atoms with E-state index < -0.39 is 0 Å². The van der Waals surface area contributed by atoms with Crippen molar-refractivity contribution in [2.45, 2.75) is 38.6 Å². The third-order valence-electron chi connectivity index (χ3n) is 5.98. The molecular formula is C22H30ClN5O3. The van der Waals surface area contributed by atoms with E-state index >= 15 is 0 Å². The van der Waals surface area contributed by atoms with Gasteiger partial charge in [0.05, 0.1) is 12.1 Å². The van der Waals surface area contributed by atoms with E-state index in [2.05, 4.69) is 27.0 Å². The summed E-state index contributed by atoms with van der Waals surface area (Å²) in [6, 6.07) is 1.59. The zero-order valence-corrected chi connectivity index (χ0v) is 18.9. The molecule has 0 bridgehead atoms. The molecule has 0 radical (unpaired) electrons. The Balaban J connectivity index is 1.44. The summed E-state index contributed by atoms with van der Waals surface area (Å²) in [6.07, 6.45) is 3.79. The van der Waals surface area contributed by atoms with Gasteiger partial charge in [0.1, 0.15) is 11.4 Å². The summed E-state index contributed by atoms with van der Waals surface area (Å²) < 4.78 is 5.18. The molecule has 0 atom stereocenters. The van der Waals surface area contributed by atoms with Gasteiger partial charge >= 0.3 is 0 Å². The second-order valence-electron chi connectivity index (χ2n) is 8.07. The third-order valence-corrected chi connectivity index (χ3v) is 6.28. The smallest absolute Gasteiger partial charge is 0.298 e. The molecule has 2 amide bonds. The highest BCUT2D eigenvalue weighted by Crippen LogP contribution is 2.26. The van der Waals surface area contributed by atoms with Crippen LogP contribution in [0.2, 0.25) is 5.02 Å². The number of rotatable bonds is 5. The number of nitrogens with two attached hydrogens (primary N) is 1. The molecule has 2 aliphatic rings. The predicted octanol–water partition coefficient (Wildman–Crippen LogP) is 1.78. The van der Waals surface area contributed by atoms with Crippen LogP contribution in [0.25, 0.3) is 0 Å². The van der Waals surface area contributed by atoms with Crippen molar-refractivity contribution in [3.63, 3.8) is 0 Å². The first-order valence-corrected chi connectivity index (χ1v) is 11.0. The number of hydrogen-bond donors (Lipinski definition) is 2. The summed E-state index contributed by atoms with van der Waals surface area (Å²) in [5.41, 5.74) is 5.98. The van der Waals surface area contributed by atoms with E-state index in [9.17, 15) is 9.59 Å². The van der Waals surface area contributed by atoms with Crippen LogP contribution in [0.3, 0.4) is 0 Å². The molecule has 3 heterocycles. The number of piperidine rings is 2. The summed E-state index contributed by atoms with van der Waals surface area (Å²) >= 11 is 6.03. The summed E-state index contributed by atoms with van der Waals surface area (Å²) in [5.74, 6) is 5.89. The molecule has 3 rings (SSSR count). The highest BCUT2D eigenvalue weighted by molar-refractivity contribution is 6.33. The average molecular weight is 448 g/mol. The first-order chi connectivity index (χ1) is 14.9. The van der Waals surface area contributed by atoms with Crippen LogP contribution in [0.15, 0.2) is 6.07 Å². The van der Waals surface area contributed by atoms with Crippen LogP contribution >= 0.6 is 11.6 Å². The number of nitrogen functional groups attached to an aromatic ring is 1. The Labute approximate surface area is 188 Å². The van der Waals surface area contributed by atoms with E-state index in [-0.39, 0.29) is 40.1 Å². The zero-order valence-electron chi connectivity index (χ0n) is 18.1.